The molecule has 0 radical (unpaired) electrons. The number of piperazine rings is 2. The molecule has 0 bridgehead atoms. The van der Waals surface area contributed by atoms with E-state index in [1.54, 1.807) is 31.6 Å². The Balaban J connectivity index is 1.25. The van der Waals surface area contributed by atoms with Crippen LogP contribution >= 0.6 is 0 Å². The van der Waals surface area contributed by atoms with E-state index in [9.17, 15) is 19.5 Å². The average Bonchev–Trinajstić information content (AvgIpc) is 3.60. The Morgan fingerprint density at radius 3 is 2.33 bits per heavy atom. The number of fused-ring (bicyclic) bond motifs is 1. The van der Waals surface area contributed by atoms with Crippen LogP contribution in [-0.4, -0.2) is 88.8 Å². The van der Waals surface area contributed by atoms with Gasteiger partial charge in [-0.25, -0.2) is 0 Å². The van der Waals surface area contributed by atoms with Crippen molar-refractivity contribution in [3.05, 3.63) is 77.6 Å². The minimum atomic E-state index is -1.85. The highest BCUT2D eigenvalue weighted by molar-refractivity contribution is 6.08. The lowest BCUT2D eigenvalue weighted by Gasteiger charge is -2.30. The van der Waals surface area contributed by atoms with Crippen LogP contribution < -0.4 is 25.3 Å². The van der Waals surface area contributed by atoms with E-state index >= 15 is 0 Å². The molecule has 0 aliphatic carbocycles. The smallest absolute Gasteiger partial charge is 0.264 e. The Bertz CT molecular complexity index is 1620. The summed E-state index contributed by atoms with van der Waals surface area (Å²) >= 11 is 0. The van der Waals surface area contributed by atoms with E-state index in [1.807, 2.05) is 55.5 Å². The fraction of sp³-hybridized carbons (Fsp3) is 0.424. The second kappa shape index (κ2) is 13.5. The Morgan fingerprint density at radius 1 is 0.978 bits per heavy atom. The molecule has 3 amide bonds. The molecule has 1 aromatic heterocycles. The van der Waals surface area contributed by atoms with Gasteiger partial charge in [0.1, 0.15) is 0 Å². The van der Waals surface area contributed by atoms with Crippen molar-refractivity contribution in [3.8, 4) is 0 Å². The Kier molecular flexibility index (Phi) is 9.27. The Labute approximate surface area is 267 Å². The number of benzene rings is 2. The third-order valence-corrected chi connectivity index (χ3v) is 8.89. The number of aliphatic hydroxyl groups is 2. The van der Waals surface area contributed by atoms with E-state index in [1.165, 1.54) is 0 Å². The number of hydrogen-bond acceptors (Lipinski definition) is 9. The van der Waals surface area contributed by atoms with Crippen LogP contribution in [0.25, 0.3) is 0 Å². The van der Waals surface area contributed by atoms with E-state index in [-0.39, 0.29) is 31.5 Å². The molecule has 13 nitrogen and oxygen atoms in total. The monoisotopic (exact) mass is 628 g/mol. The SMILES string of the molecule is C[C@H](/C=C/CCn1cc(CCO)nn1)[C@@]1(O)C(=O)N(Cc2ccc(N3CCNCC3=O)cc2)c2ccc(N3CCNCC3=O)cc21. The highest BCUT2D eigenvalue weighted by atomic mass is 16.3. The van der Waals surface area contributed by atoms with Crippen molar-refractivity contribution in [1.29, 1.82) is 0 Å². The maximum Gasteiger partial charge on any atom is 0.264 e. The lowest BCUT2D eigenvalue weighted by Crippen LogP contribution is -2.48. The van der Waals surface area contributed by atoms with Crippen molar-refractivity contribution in [2.75, 3.05) is 60.6 Å². The van der Waals surface area contributed by atoms with Crippen molar-refractivity contribution < 1.29 is 24.6 Å². The Hall–Kier alpha value is -4.43. The molecule has 0 unspecified atom stereocenters. The van der Waals surface area contributed by atoms with Gasteiger partial charge in [-0.1, -0.05) is 36.4 Å². The lowest BCUT2D eigenvalue weighted by molar-refractivity contribution is -0.139. The standard InChI is InChI=1S/C33H40N8O5/c1-23(4-2-3-14-38-22-25(11-17-42)36-37-38)33(46)28-18-27(40-16-13-35-20-31(40)44)9-10-29(28)41(32(33)45)21-24-5-7-26(8-6-24)39-15-12-34-19-30(39)43/h2,4-10,18,22-23,34-35,42,46H,3,11-17,19-21H2,1H3/b4-2+/t23-,33+/m1/s1. The maximum absolute atomic E-state index is 14.2. The predicted molar refractivity (Wildman–Crippen MR) is 172 cm³/mol. The zero-order valence-corrected chi connectivity index (χ0v) is 25.9. The van der Waals surface area contributed by atoms with Crippen LogP contribution in [0.2, 0.25) is 0 Å². The van der Waals surface area contributed by atoms with E-state index in [2.05, 4.69) is 20.9 Å². The largest absolute Gasteiger partial charge is 0.396 e. The number of nitrogens with zero attached hydrogens (tertiary/aromatic N) is 6. The van der Waals surface area contributed by atoms with Crippen molar-refractivity contribution in [3.63, 3.8) is 0 Å². The van der Waals surface area contributed by atoms with Gasteiger partial charge in [0.15, 0.2) is 5.60 Å². The minimum Gasteiger partial charge on any atom is -0.396 e. The van der Waals surface area contributed by atoms with Gasteiger partial charge < -0.3 is 35.5 Å². The molecule has 3 aliphatic rings. The topological polar surface area (TPSA) is 156 Å². The number of allylic oxidation sites excluding steroid dienone is 1. The van der Waals surface area contributed by atoms with Crippen LogP contribution in [0, 0.1) is 5.92 Å². The summed E-state index contributed by atoms with van der Waals surface area (Å²) < 4.78 is 1.70. The van der Waals surface area contributed by atoms with E-state index in [0.29, 0.717) is 68.2 Å². The van der Waals surface area contributed by atoms with E-state index in [0.717, 1.165) is 17.8 Å². The van der Waals surface area contributed by atoms with Gasteiger partial charge in [0.05, 0.1) is 31.0 Å². The molecular formula is C33H40N8O5. The van der Waals surface area contributed by atoms with E-state index in [4.69, 9.17) is 5.11 Å². The highest BCUT2D eigenvalue weighted by Crippen LogP contribution is 2.47. The predicted octanol–water partition coefficient (Wildman–Crippen LogP) is 0.702. The van der Waals surface area contributed by atoms with Crippen LogP contribution in [0.4, 0.5) is 17.1 Å². The molecule has 4 N–H and O–H groups in total. The second-order valence-electron chi connectivity index (χ2n) is 11.9. The number of carbonyl (C=O) groups is 3. The van der Waals surface area contributed by atoms with Crippen molar-refractivity contribution in [1.82, 2.24) is 25.6 Å². The van der Waals surface area contributed by atoms with Gasteiger partial charge in [-0.15, -0.1) is 5.10 Å². The highest BCUT2D eigenvalue weighted by Gasteiger charge is 2.52. The minimum absolute atomic E-state index is 0.00851. The summed E-state index contributed by atoms with van der Waals surface area (Å²) in [7, 11) is 0. The summed E-state index contributed by atoms with van der Waals surface area (Å²) in [6.07, 6.45) is 6.61. The first kappa shape index (κ1) is 31.5. The Morgan fingerprint density at radius 2 is 1.65 bits per heavy atom. The maximum atomic E-state index is 14.2. The zero-order valence-electron chi connectivity index (χ0n) is 25.9. The lowest BCUT2D eigenvalue weighted by atomic mass is 9.82. The van der Waals surface area contributed by atoms with Crippen LogP contribution in [0.3, 0.4) is 0 Å². The number of aromatic nitrogens is 3. The van der Waals surface area contributed by atoms with Gasteiger partial charge in [-0.05, 0) is 42.3 Å². The normalized spacial score (nSPS) is 21.0. The number of hydrogen-bond donors (Lipinski definition) is 4. The van der Waals surface area contributed by atoms with Gasteiger partial charge >= 0.3 is 0 Å². The fourth-order valence-corrected chi connectivity index (χ4v) is 6.31. The van der Waals surface area contributed by atoms with Gasteiger partial charge in [-0.2, -0.15) is 0 Å². The van der Waals surface area contributed by atoms with E-state index < -0.39 is 17.4 Å². The summed E-state index contributed by atoms with van der Waals surface area (Å²) in [4.78, 5) is 44.3. The number of anilines is 3. The molecule has 242 valence electrons. The molecule has 46 heavy (non-hydrogen) atoms. The molecule has 3 aliphatic heterocycles. The van der Waals surface area contributed by atoms with Gasteiger partial charge in [0.25, 0.3) is 5.91 Å². The van der Waals surface area contributed by atoms with Crippen LogP contribution in [0.5, 0.6) is 0 Å². The summed E-state index contributed by atoms with van der Waals surface area (Å²) in [5.74, 6) is -1.07. The molecule has 2 saturated heterocycles. The molecule has 2 aromatic carbocycles. The third kappa shape index (κ3) is 6.18. The molecule has 0 spiro atoms. The van der Waals surface area contributed by atoms with Gasteiger partial charge in [0.2, 0.25) is 11.8 Å². The summed E-state index contributed by atoms with van der Waals surface area (Å²) in [6.45, 7) is 5.62. The number of aryl methyl sites for hydroxylation is 1. The first-order valence-electron chi connectivity index (χ1n) is 15.8. The van der Waals surface area contributed by atoms with Gasteiger partial charge in [-0.3, -0.25) is 19.1 Å². The molecule has 3 aromatic rings. The van der Waals surface area contributed by atoms with Crippen molar-refractivity contribution >= 4 is 34.8 Å². The molecule has 6 rings (SSSR count). The van der Waals surface area contributed by atoms with Crippen LogP contribution in [0.1, 0.15) is 30.2 Å². The van der Waals surface area contributed by atoms with Gasteiger partial charge in [0, 0.05) is 74.8 Å². The summed E-state index contributed by atoms with van der Waals surface area (Å²) in [5, 5.41) is 35.7. The molecule has 0 saturated carbocycles. The number of aliphatic hydroxyl groups excluding tert-OH is 1. The number of carbonyl (C=O) groups excluding carboxylic acids is 3. The quantitative estimate of drug-likeness (QED) is 0.225. The van der Waals surface area contributed by atoms with Crippen LogP contribution in [0.15, 0.2) is 60.8 Å². The first-order valence-corrected chi connectivity index (χ1v) is 15.8. The summed E-state index contributed by atoms with van der Waals surface area (Å²) in [5.41, 5.74) is 2.23. The number of nitrogens with one attached hydrogen (secondary N) is 2. The average molecular weight is 629 g/mol. The summed E-state index contributed by atoms with van der Waals surface area (Å²) in [6, 6.07) is 13.0. The fourth-order valence-electron chi connectivity index (χ4n) is 6.31. The molecule has 2 fully saturated rings. The van der Waals surface area contributed by atoms with Crippen molar-refractivity contribution in [2.45, 2.75) is 38.5 Å². The number of amides is 3. The molecular weight excluding hydrogens is 588 g/mol. The zero-order chi connectivity index (χ0) is 32.3. The van der Waals surface area contributed by atoms with Crippen molar-refractivity contribution in [2.24, 2.45) is 5.92 Å². The molecule has 4 heterocycles. The molecule has 2 atom stereocenters. The third-order valence-electron chi connectivity index (χ3n) is 8.89. The second-order valence-corrected chi connectivity index (χ2v) is 11.9. The van der Waals surface area contributed by atoms with Crippen LogP contribution in [-0.2, 0) is 39.5 Å². The first-order chi connectivity index (χ1) is 22.3. The number of rotatable bonds is 11. The molecule has 13 heteroatoms.